The third kappa shape index (κ3) is 1.32. The molecular formula is C11H17NO4. The molecule has 0 radical (unpaired) electrons. The molecule has 0 aromatic carbocycles. The summed E-state index contributed by atoms with van der Waals surface area (Å²) >= 11 is 0. The van der Waals surface area contributed by atoms with Gasteiger partial charge in [-0.05, 0) is 6.42 Å². The van der Waals surface area contributed by atoms with Crippen molar-refractivity contribution >= 4 is 5.91 Å². The molecule has 2 rings (SSSR count). The Bertz CT molecular complexity index is 328. The summed E-state index contributed by atoms with van der Waals surface area (Å²) in [5, 5.41) is 0. The van der Waals surface area contributed by atoms with Gasteiger partial charge in [0.2, 0.25) is 5.91 Å². The Labute approximate surface area is 94.9 Å². The number of fused-ring (bicyclic) bond motifs is 1. The molecule has 2 unspecified atom stereocenters. The molecule has 0 aromatic heterocycles. The summed E-state index contributed by atoms with van der Waals surface area (Å²) in [5.41, 5.74) is 0.0915. The summed E-state index contributed by atoms with van der Waals surface area (Å²) in [6.07, 6.45) is 2.26. The van der Waals surface area contributed by atoms with Gasteiger partial charge in [0, 0.05) is 39.5 Å². The molecule has 90 valence electrons. The second-order valence-electron chi connectivity index (χ2n) is 4.01. The Morgan fingerprint density at radius 3 is 2.81 bits per heavy atom. The van der Waals surface area contributed by atoms with E-state index in [0.29, 0.717) is 13.2 Å². The molecule has 2 heterocycles. The maximum Gasteiger partial charge on any atom is 0.249 e. The number of methoxy groups -OCH3 is 3. The molecule has 16 heavy (non-hydrogen) atoms. The van der Waals surface area contributed by atoms with Gasteiger partial charge in [-0.15, -0.1) is 0 Å². The molecule has 0 bridgehead atoms. The minimum absolute atomic E-state index is 0.0200. The SMILES string of the molecule is COCC1=CC(=O)N2CCC(OC)C12OC. The topological polar surface area (TPSA) is 48.0 Å². The van der Waals surface area contributed by atoms with E-state index in [1.807, 2.05) is 0 Å². The second kappa shape index (κ2) is 4.16. The zero-order valence-corrected chi connectivity index (χ0v) is 9.86. The van der Waals surface area contributed by atoms with Crippen LogP contribution in [0.15, 0.2) is 11.6 Å². The van der Waals surface area contributed by atoms with Crippen molar-refractivity contribution in [3.8, 4) is 0 Å². The van der Waals surface area contributed by atoms with Crippen LogP contribution in [-0.2, 0) is 19.0 Å². The predicted octanol–water partition coefficient (Wildman–Crippen LogP) is 0.163. The lowest BCUT2D eigenvalue weighted by Gasteiger charge is -2.37. The molecule has 2 aliphatic rings. The van der Waals surface area contributed by atoms with Crippen molar-refractivity contribution in [1.29, 1.82) is 0 Å². The van der Waals surface area contributed by atoms with Crippen LogP contribution in [0, 0.1) is 0 Å². The van der Waals surface area contributed by atoms with E-state index >= 15 is 0 Å². The molecule has 1 amide bonds. The van der Waals surface area contributed by atoms with Crippen LogP contribution in [0.25, 0.3) is 0 Å². The van der Waals surface area contributed by atoms with E-state index in [9.17, 15) is 4.79 Å². The lowest BCUT2D eigenvalue weighted by Crippen LogP contribution is -2.52. The third-order valence-corrected chi connectivity index (χ3v) is 3.37. The highest BCUT2D eigenvalue weighted by Crippen LogP contribution is 2.42. The number of amides is 1. The Hall–Kier alpha value is -0.910. The minimum atomic E-state index is -0.748. The van der Waals surface area contributed by atoms with Crippen LogP contribution in [0.5, 0.6) is 0 Å². The normalized spacial score (nSPS) is 33.2. The van der Waals surface area contributed by atoms with Crippen LogP contribution < -0.4 is 0 Å². The van der Waals surface area contributed by atoms with Gasteiger partial charge in [-0.1, -0.05) is 0 Å². The lowest BCUT2D eigenvalue weighted by atomic mass is 10.00. The highest BCUT2D eigenvalue weighted by molar-refractivity contribution is 5.93. The number of carbonyl (C=O) groups excluding carboxylic acids is 1. The number of rotatable bonds is 4. The summed E-state index contributed by atoms with van der Waals surface area (Å²) < 4.78 is 16.1. The number of hydrogen-bond donors (Lipinski definition) is 0. The Balaban J connectivity index is 2.38. The van der Waals surface area contributed by atoms with Crippen LogP contribution >= 0.6 is 0 Å². The smallest absolute Gasteiger partial charge is 0.249 e. The van der Waals surface area contributed by atoms with E-state index in [1.165, 1.54) is 0 Å². The van der Waals surface area contributed by atoms with E-state index in [1.54, 1.807) is 32.3 Å². The fourth-order valence-corrected chi connectivity index (χ4v) is 2.72. The molecule has 0 aliphatic carbocycles. The summed E-state index contributed by atoms with van der Waals surface area (Å²) in [4.78, 5) is 13.5. The Morgan fingerprint density at radius 1 is 1.50 bits per heavy atom. The summed E-state index contributed by atoms with van der Waals surface area (Å²) in [7, 11) is 4.85. The van der Waals surface area contributed by atoms with Crippen LogP contribution in [0.1, 0.15) is 6.42 Å². The first-order valence-electron chi connectivity index (χ1n) is 5.30. The van der Waals surface area contributed by atoms with Crippen molar-refractivity contribution in [2.75, 3.05) is 34.5 Å². The fraction of sp³-hybridized carbons (Fsp3) is 0.727. The molecule has 0 aromatic rings. The number of hydrogen-bond acceptors (Lipinski definition) is 4. The summed E-state index contributed by atoms with van der Waals surface area (Å²) in [5.74, 6) is -0.0200. The van der Waals surface area contributed by atoms with E-state index in [2.05, 4.69) is 0 Å². The van der Waals surface area contributed by atoms with Gasteiger partial charge in [0.15, 0.2) is 5.72 Å². The molecular weight excluding hydrogens is 210 g/mol. The molecule has 0 N–H and O–H groups in total. The van der Waals surface area contributed by atoms with E-state index in [0.717, 1.165) is 12.0 Å². The summed E-state index contributed by atoms with van der Waals surface area (Å²) in [6, 6.07) is 0. The van der Waals surface area contributed by atoms with Gasteiger partial charge in [-0.3, -0.25) is 4.79 Å². The number of ether oxygens (including phenoxy) is 3. The number of nitrogens with zero attached hydrogens (tertiary/aromatic N) is 1. The van der Waals surface area contributed by atoms with Crippen molar-refractivity contribution < 1.29 is 19.0 Å². The van der Waals surface area contributed by atoms with Gasteiger partial charge in [0.25, 0.3) is 0 Å². The molecule has 5 heteroatoms. The zero-order valence-electron chi connectivity index (χ0n) is 9.86. The van der Waals surface area contributed by atoms with Gasteiger partial charge in [-0.2, -0.15) is 0 Å². The first kappa shape index (κ1) is 11.6. The monoisotopic (exact) mass is 227 g/mol. The molecule has 2 aliphatic heterocycles. The molecule has 0 spiro atoms. The van der Waals surface area contributed by atoms with Crippen LogP contribution in [0.2, 0.25) is 0 Å². The van der Waals surface area contributed by atoms with Crippen molar-refractivity contribution in [1.82, 2.24) is 4.90 Å². The average Bonchev–Trinajstić information content (AvgIpc) is 2.77. The van der Waals surface area contributed by atoms with Crippen LogP contribution in [-0.4, -0.2) is 57.1 Å². The van der Waals surface area contributed by atoms with E-state index < -0.39 is 5.72 Å². The van der Waals surface area contributed by atoms with Gasteiger partial charge in [0.05, 0.1) is 6.61 Å². The molecule has 0 saturated carbocycles. The van der Waals surface area contributed by atoms with Gasteiger partial charge >= 0.3 is 0 Å². The first-order valence-corrected chi connectivity index (χ1v) is 5.30. The quantitative estimate of drug-likeness (QED) is 0.686. The maximum atomic E-state index is 11.8. The molecule has 2 atom stereocenters. The highest BCUT2D eigenvalue weighted by Gasteiger charge is 2.57. The highest BCUT2D eigenvalue weighted by atomic mass is 16.6. The van der Waals surface area contributed by atoms with E-state index in [4.69, 9.17) is 14.2 Å². The summed E-state index contributed by atoms with van der Waals surface area (Å²) in [6.45, 7) is 1.05. The maximum absolute atomic E-state index is 11.8. The van der Waals surface area contributed by atoms with Crippen LogP contribution in [0.4, 0.5) is 0 Å². The van der Waals surface area contributed by atoms with Gasteiger partial charge < -0.3 is 19.1 Å². The Kier molecular flexibility index (Phi) is 3.01. The fourth-order valence-electron chi connectivity index (χ4n) is 2.72. The molecule has 1 saturated heterocycles. The minimum Gasteiger partial charge on any atom is -0.380 e. The zero-order chi connectivity index (χ0) is 11.8. The third-order valence-electron chi connectivity index (χ3n) is 3.37. The first-order chi connectivity index (χ1) is 7.70. The van der Waals surface area contributed by atoms with Crippen molar-refractivity contribution in [3.05, 3.63) is 11.6 Å². The largest absolute Gasteiger partial charge is 0.380 e. The van der Waals surface area contributed by atoms with Gasteiger partial charge in [-0.25, -0.2) is 0 Å². The second-order valence-corrected chi connectivity index (χ2v) is 4.01. The average molecular weight is 227 g/mol. The van der Waals surface area contributed by atoms with Crippen molar-refractivity contribution in [2.24, 2.45) is 0 Å². The molecule has 5 nitrogen and oxygen atoms in total. The Morgan fingerprint density at radius 2 is 2.25 bits per heavy atom. The van der Waals surface area contributed by atoms with Crippen molar-refractivity contribution in [2.45, 2.75) is 18.2 Å². The molecule has 1 fully saturated rings. The van der Waals surface area contributed by atoms with Crippen LogP contribution in [0.3, 0.4) is 0 Å². The standard InChI is InChI=1S/C11H17NO4/c1-14-7-8-6-10(13)12-5-4-9(15-2)11(8,12)16-3/h6,9H,4-5,7H2,1-3H3. The van der Waals surface area contributed by atoms with Crippen molar-refractivity contribution in [3.63, 3.8) is 0 Å². The van der Waals surface area contributed by atoms with E-state index in [-0.39, 0.29) is 12.0 Å². The predicted molar refractivity (Wildman–Crippen MR) is 56.8 cm³/mol. The number of carbonyl (C=O) groups is 1. The van der Waals surface area contributed by atoms with Gasteiger partial charge in [0.1, 0.15) is 6.10 Å². The lowest BCUT2D eigenvalue weighted by molar-refractivity contribution is -0.160.